The third kappa shape index (κ3) is 5.01. The van der Waals surface area contributed by atoms with Gasteiger partial charge in [0.05, 0.1) is 5.56 Å². The van der Waals surface area contributed by atoms with E-state index in [-0.39, 0.29) is 17.5 Å². The summed E-state index contributed by atoms with van der Waals surface area (Å²) in [7, 11) is 0. The van der Waals surface area contributed by atoms with Crippen LogP contribution in [0.3, 0.4) is 0 Å². The molecule has 0 aliphatic carbocycles. The molecule has 7 nitrogen and oxygen atoms in total. The summed E-state index contributed by atoms with van der Waals surface area (Å²) < 4.78 is 6.95. The van der Waals surface area contributed by atoms with Crippen LogP contribution < -0.4 is 10.9 Å². The van der Waals surface area contributed by atoms with Crippen LogP contribution >= 0.6 is 0 Å². The molecule has 0 unspecified atom stereocenters. The van der Waals surface area contributed by atoms with Crippen molar-refractivity contribution in [1.82, 2.24) is 20.0 Å². The minimum atomic E-state index is -0.106. The number of amides is 1. The summed E-state index contributed by atoms with van der Waals surface area (Å²) in [6.45, 7) is 8.45. The molecule has 1 amide bonds. The predicted molar refractivity (Wildman–Crippen MR) is 95.2 cm³/mol. The molecule has 0 bridgehead atoms. The Morgan fingerprint density at radius 2 is 2.12 bits per heavy atom. The van der Waals surface area contributed by atoms with Crippen molar-refractivity contribution < 1.29 is 9.32 Å². The van der Waals surface area contributed by atoms with Crippen LogP contribution in [0.2, 0.25) is 0 Å². The Bertz CT molecular complexity index is 777. The zero-order valence-corrected chi connectivity index (χ0v) is 15.3. The molecule has 0 aliphatic rings. The molecule has 0 fully saturated rings. The number of hydrogen-bond donors (Lipinski definition) is 1. The molecule has 0 saturated heterocycles. The average Bonchev–Trinajstić information content (AvgIpc) is 2.99. The van der Waals surface area contributed by atoms with Crippen molar-refractivity contribution in [1.29, 1.82) is 0 Å². The number of pyridine rings is 1. The maximum absolute atomic E-state index is 12.6. The number of rotatable bonds is 8. The van der Waals surface area contributed by atoms with E-state index in [0.717, 1.165) is 12.1 Å². The minimum Gasteiger partial charge on any atom is -0.354 e. The van der Waals surface area contributed by atoms with Gasteiger partial charge in [-0.15, -0.1) is 0 Å². The van der Waals surface area contributed by atoms with Gasteiger partial charge in [0.2, 0.25) is 17.6 Å². The standard InChI is InChI=1S/C18H26N4O3/c1-5-11-22-13(4)9-10-14(18(22)24)17-20-16(25-21-17)8-6-7-15(23)19-12(2)3/h9-10,12H,5-8,11H2,1-4H3,(H,19,23). The van der Waals surface area contributed by atoms with Crippen molar-refractivity contribution in [3.8, 4) is 11.4 Å². The van der Waals surface area contributed by atoms with Crippen LogP contribution in [0.5, 0.6) is 0 Å². The molecule has 25 heavy (non-hydrogen) atoms. The lowest BCUT2D eigenvalue weighted by molar-refractivity contribution is -0.121. The summed E-state index contributed by atoms with van der Waals surface area (Å²) >= 11 is 0. The summed E-state index contributed by atoms with van der Waals surface area (Å²) in [6, 6.07) is 3.75. The average molecular weight is 346 g/mol. The van der Waals surface area contributed by atoms with Crippen LogP contribution in [0, 0.1) is 6.92 Å². The Balaban J connectivity index is 2.05. The molecule has 2 aromatic rings. The highest BCUT2D eigenvalue weighted by molar-refractivity contribution is 5.76. The minimum absolute atomic E-state index is 0.00993. The zero-order chi connectivity index (χ0) is 18.4. The molecule has 7 heteroatoms. The fourth-order valence-corrected chi connectivity index (χ4v) is 2.60. The topological polar surface area (TPSA) is 90.0 Å². The predicted octanol–water partition coefficient (Wildman–Crippen LogP) is 2.46. The van der Waals surface area contributed by atoms with Crippen molar-refractivity contribution in [2.45, 2.75) is 66.0 Å². The molecule has 0 atom stereocenters. The zero-order valence-electron chi connectivity index (χ0n) is 15.3. The highest BCUT2D eigenvalue weighted by Gasteiger charge is 2.15. The lowest BCUT2D eigenvalue weighted by Gasteiger charge is -2.09. The first-order chi connectivity index (χ1) is 11.9. The number of aromatic nitrogens is 3. The van der Waals surface area contributed by atoms with Gasteiger partial charge in [0.15, 0.2) is 0 Å². The van der Waals surface area contributed by atoms with Gasteiger partial charge < -0.3 is 14.4 Å². The van der Waals surface area contributed by atoms with Gasteiger partial charge in [0, 0.05) is 31.1 Å². The van der Waals surface area contributed by atoms with E-state index >= 15 is 0 Å². The van der Waals surface area contributed by atoms with Crippen LogP contribution in [0.4, 0.5) is 0 Å². The molecule has 0 radical (unpaired) electrons. The van der Waals surface area contributed by atoms with Gasteiger partial charge in [-0.2, -0.15) is 4.98 Å². The van der Waals surface area contributed by atoms with E-state index in [9.17, 15) is 9.59 Å². The first-order valence-corrected chi connectivity index (χ1v) is 8.75. The van der Waals surface area contributed by atoms with Gasteiger partial charge in [0.1, 0.15) is 0 Å². The van der Waals surface area contributed by atoms with Gasteiger partial charge in [-0.25, -0.2) is 0 Å². The molecule has 2 aromatic heterocycles. The second-order valence-electron chi connectivity index (χ2n) is 6.43. The number of hydrogen-bond acceptors (Lipinski definition) is 5. The third-order valence-corrected chi connectivity index (χ3v) is 3.79. The smallest absolute Gasteiger partial charge is 0.261 e. The van der Waals surface area contributed by atoms with Crippen molar-refractivity contribution in [2.24, 2.45) is 0 Å². The molecule has 0 saturated carbocycles. The Morgan fingerprint density at radius 3 is 2.80 bits per heavy atom. The molecule has 0 aromatic carbocycles. The van der Waals surface area contributed by atoms with E-state index in [1.54, 1.807) is 10.6 Å². The Morgan fingerprint density at radius 1 is 1.36 bits per heavy atom. The largest absolute Gasteiger partial charge is 0.354 e. The van der Waals surface area contributed by atoms with Gasteiger partial charge in [0.25, 0.3) is 5.56 Å². The van der Waals surface area contributed by atoms with E-state index in [1.807, 2.05) is 33.8 Å². The second-order valence-corrected chi connectivity index (χ2v) is 6.43. The highest BCUT2D eigenvalue weighted by atomic mass is 16.5. The van der Waals surface area contributed by atoms with Crippen molar-refractivity contribution >= 4 is 5.91 Å². The van der Waals surface area contributed by atoms with Crippen molar-refractivity contribution in [3.05, 3.63) is 34.1 Å². The SMILES string of the molecule is CCCn1c(C)ccc(-c2noc(CCCC(=O)NC(C)C)n2)c1=O. The molecule has 0 aliphatic heterocycles. The van der Waals surface area contributed by atoms with E-state index < -0.39 is 0 Å². The number of carbonyl (C=O) groups excluding carboxylic acids is 1. The van der Waals surface area contributed by atoms with Crippen LogP contribution in [0.25, 0.3) is 11.4 Å². The normalized spacial score (nSPS) is 11.1. The maximum Gasteiger partial charge on any atom is 0.261 e. The Kier molecular flexibility index (Phi) is 6.50. The molecule has 2 rings (SSSR count). The molecular formula is C18H26N4O3. The van der Waals surface area contributed by atoms with Crippen molar-refractivity contribution in [2.75, 3.05) is 0 Å². The van der Waals surface area contributed by atoms with Crippen LogP contribution in [0.15, 0.2) is 21.5 Å². The number of nitrogens with one attached hydrogen (secondary N) is 1. The van der Waals surface area contributed by atoms with Crippen LogP contribution in [0.1, 0.15) is 51.6 Å². The summed E-state index contributed by atoms with van der Waals surface area (Å²) in [5.41, 5.74) is 1.24. The molecule has 136 valence electrons. The summed E-state index contributed by atoms with van der Waals surface area (Å²) in [4.78, 5) is 28.5. The molecule has 1 N–H and O–H groups in total. The van der Waals surface area contributed by atoms with Gasteiger partial charge in [-0.05, 0) is 45.7 Å². The van der Waals surface area contributed by atoms with E-state index in [1.165, 1.54) is 0 Å². The quantitative estimate of drug-likeness (QED) is 0.793. The molecular weight excluding hydrogens is 320 g/mol. The third-order valence-electron chi connectivity index (χ3n) is 3.79. The first kappa shape index (κ1) is 18.9. The Hall–Kier alpha value is -2.44. The number of aryl methyl sites for hydroxylation is 2. The van der Waals surface area contributed by atoms with Gasteiger partial charge in [-0.1, -0.05) is 12.1 Å². The fourth-order valence-electron chi connectivity index (χ4n) is 2.60. The summed E-state index contributed by atoms with van der Waals surface area (Å²) in [5.74, 6) is 0.751. The molecule has 2 heterocycles. The number of carbonyl (C=O) groups is 1. The lowest BCUT2D eigenvalue weighted by atomic mass is 10.2. The van der Waals surface area contributed by atoms with E-state index in [4.69, 9.17) is 4.52 Å². The second kappa shape index (κ2) is 8.60. The molecule has 0 spiro atoms. The maximum atomic E-state index is 12.6. The highest BCUT2D eigenvalue weighted by Crippen LogP contribution is 2.14. The van der Waals surface area contributed by atoms with Crippen LogP contribution in [-0.4, -0.2) is 26.7 Å². The summed E-state index contributed by atoms with van der Waals surface area (Å²) in [5, 5.41) is 6.77. The lowest BCUT2D eigenvalue weighted by Crippen LogP contribution is -2.29. The number of nitrogens with zero attached hydrogens (tertiary/aromatic N) is 3. The van der Waals surface area contributed by atoms with Gasteiger partial charge >= 0.3 is 0 Å². The Labute approximate surface area is 147 Å². The van der Waals surface area contributed by atoms with E-state index in [2.05, 4.69) is 15.5 Å². The fraction of sp³-hybridized carbons (Fsp3) is 0.556. The van der Waals surface area contributed by atoms with Crippen LogP contribution in [-0.2, 0) is 17.8 Å². The van der Waals surface area contributed by atoms with Crippen molar-refractivity contribution in [3.63, 3.8) is 0 Å². The first-order valence-electron chi connectivity index (χ1n) is 8.75. The summed E-state index contributed by atoms with van der Waals surface area (Å²) in [6.07, 6.45) is 2.41. The van der Waals surface area contributed by atoms with Gasteiger partial charge in [-0.3, -0.25) is 9.59 Å². The van der Waals surface area contributed by atoms with E-state index in [0.29, 0.717) is 43.1 Å². The monoisotopic (exact) mass is 346 g/mol.